The molecule has 3 heterocycles. The summed E-state index contributed by atoms with van der Waals surface area (Å²) < 4.78 is 7.37. The van der Waals surface area contributed by atoms with Gasteiger partial charge in [0.1, 0.15) is 12.4 Å². The number of hydrogen-bond acceptors (Lipinski definition) is 7. The van der Waals surface area contributed by atoms with Crippen LogP contribution in [0, 0.1) is 5.92 Å². The van der Waals surface area contributed by atoms with Crippen LogP contribution < -0.4 is 15.0 Å². The molecule has 10 heteroatoms. The Bertz CT molecular complexity index is 1160. The highest BCUT2D eigenvalue weighted by molar-refractivity contribution is 7.99. The van der Waals surface area contributed by atoms with Gasteiger partial charge < -0.3 is 15.0 Å². The van der Waals surface area contributed by atoms with Gasteiger partial charge in [0.2, 0.25) is 17.6 Å². The highest BCUT2D eigenvalue weighted by atomic mass is 32.2. The monoisotopic (exact) mass is 464 g/mol. The van der Waals surface area contributed by atoms with E-state index < -0.39 is 11.9 Å². The molecular formula is C23H24N6O3S. The van der Waals surface area contributed by atoms with Crippen molar-refractivity contribution >= 4 is 29.3 Å². The first-order valence-corrected chi connectivity index (χ1v) is 11.8. The largest absolute Gasteiger partial charge is 0.477 e. The minimum Gasteiger partial charge on any atom is -0.477 e. The molecule has 5 rings (SSSR count). The third kappa shape index (κ3) is 5.00. The van der Waals surface area contributed by atoms with Gasteiger partial charge in [-0.2, -0.15) is 0 Å². The predicted octanol–water partition coefficient (Wildman–Crippen LogP) is 2.38. The van der Waals surface area contributed by atoms with Crippen LogP contribution in [-0.4, -0.2) is 57.0 Å². The highest BCUT2D eigenvalue weighted by Crippen LogP contribution is 2.36. The normalized spacial score (nSPS) is 17.9. The molecule has 170 valence electrons. The molecule has 0 bridgehead atoms. The van der Waals surface area contributed by atoms with Crippen molar-refractivity contribution in [1.82, 2.24) is 25.1 Å². The van der Waals surface area contributed by atoms with Gasteiger partial charge in [-0.25, -0.2) is 14.6 Å². The number of carbonyl (C=O) groups excluding carboxylic acids is 2. The molecule has 1 N–H and O–H groups in total. The van der Waals surface area contributed by atoms with Crippen LogP contribution in [0.5, 0.6) is 5.88 Å². The average Bonchev–Trinajstić information content (AvgIpc) is 3.57. The second-order valence-corrected chi connectivity index (χ2v) is 9.29. The average molecular weight is 465 g/mol. The number of carbonyl (C=O) groups is 2. The molecule has 1 saturated carbocycles. The number of ether oxygens (including phenoxy) is 1. The molecule has 2 amide bonds. The third-order valence-corrected chi connectivity index (χ3v) is 6.74. The number of amides is 2. The molecule has 2 aliphatic rings. The van der Waals surface area contributed by atoms with Crippen LogP contribution in [0.15, 0.2) is 53.8 Å². The maximum Gasteiger partial charge on any atom is 0.291 e. The number of nitrogens with zero attached hydrogens (tertiary/aromatic N) is 5. The van der Waals surface area contributed by atoms with Crippen molar-refractivity contribution in [3.8, 4) is 5.88 Å². The second-order valence-electron chi connectivity index (χ2n) is 8.23. The van der Waals surface area contributed by atoms with Gasteiger partial charge in [0.05, 0.1) is 18.8 Å². The van der Waals surface area contributed by atoms with Crippen molar-refractivity contribution in [2.45, 2.75) is 30.3 Å². The van der Waals surface area contributed by atoms with E-state index in [-0.39, 0.29) is 11.7 Å². The minimum atomic E-state index is -0.711. The van der Waals surface area contributed by atoms with Crippen molar-refractivity contribution in [3.05, 3.63) is 60.3 Å². The van der Waals surface area contributed by atoms with Gasteiger partial charge in [0.25, 0.3) is 5.91 Å². The fourth-order valence-electron chi connectivity index (χ4n) is 3.52. The van der Waals surface area contributed by atoms with E-state index in [1.807, 2.05) is 30.3 Å². The van der Waals surface area contributed by atoms with Gasteiger partial charge in [-0.1, -0.05) is 30.3 Å². The summed E-state index contributed by atoms with van der Waals surface area (Å²) in [4.78, 5) is 36.8. The van der Waals surface area contributed by atoms with Crippen LogP contribution in [0.3, 0.4) is 0 Å². The van der Waals surface area contributed by atoms with Crippen LogP contribution in [0.1, 0.15) is 29.0 Å². The topological polar surface area (TPSA) is 102 Å². The number of thioether (sulfide) groups is 1. The van der Waals surface area contributed by atoms with Crippen LogP contribution in [0.25, 0.3) is 0 Å². The molecule has 9 nitrogen and oxygen atoms in total. The molecule has 1 aliphatic carbocycles. The summed E-state index contributed by atoms with van der Waals surface area (Å²) in [6.07, 6.45) is 5.63. The lowest BCUT2D eigenvalue weighted by Crippen LogP contribution is -2.48. The summed E-state index contributed by atoms with van der Waals surface area (Å²) in [6, 6.07) is 10.9. The van der Waals surface area contributed by atoms with E-state index in [2.05, 4.69) is 20.4 Å². The Kier molecular flexibility index (Phi) is 5.99. The fraction of sp³-hybridized carbons (Fsp3) is 0.348. The molecule has 2 aromatic heterocycles. The number of fused-ring (bicyclic) bond motifs is 1. The molecule has 1 aliphatic heterocycles. The SMILES string of the molecule is CN1C(=O)[C@@H](NC(=O)c2ncn(Cc3ccccc3)n2)CSc2cnc(OCC3CC3)cc21. The molecular weight excluding hydrogens is 440 g/mol. The van der Waals surface area contributed by atoms with Crippen LogP contribution in [0.2, 0.25) is 0 Å². The molecule has 0 unspecified atom stereocenters. The fourth-order valence-corrected chi connectivity index (χ4v) is 4.57. The minimum absolute atomic E-state index is 0.0329. The number of aromatic nitrogens is 4. The van der Waals surface area contributed by atoms with E-state index in [0.717, 1.165) is 16.1 Å². The Hall–Kier alpha value is -3.40. The number of hydrogen-bond donors (Lipinski definition) is 1. The zero-order chi connectivity index (χ0) is 22.8. The first-order valence-electron chi connectivity index (χ1n) is 10.8. The van der Waals surface area contributed by atoms with Crippen LogP contribution >= 0.6 is 11.8 Å². The van der Waals surface area contributed by atoms with Gasteiger partial charge in [-0.15, -0.1) is 16.9 Å². The Morgan fingerprint density at radius 2 is 2.06 bits per heavy atom. The Balaban J connectivity index is 1.24. The van der Waals surface area contributed by atoms with E-state index in [1.54, 1.807) is 28.9 Å². The highest BCUT2D eigenvalue weighted by Gasteiger charge is 2.31. The van der Waals surface area contributed by atoms with Gasteiger partial charge in [-0.05, 0) is 24.3 Å². The molecule has 0 saturated heterocycles. The quantitative estimate of drug-likeness (QED) is 0.573. The van der Waals surface area contributed by atoms with Gasteiger partial charge >= 0.3 is 0 Å². The van der Waals surface area contributed by atoms with E-state index in [1.165, 1.54) is 30.9 Å². The number of anilines is 1. The number of likely N-dealkylation sites (N-methyl/N-ethyl adjacent to an activating group) is 1. The summed E-state index contributed by atoms with van der Waals surface area (Å²) in [7, 11) is 1.70. The standard InChI is InChI=1S/C23H24N6O3S/c1-28-18-9-20(32-12-16-7-8-16)24-10-19(18)33-13-17(23(28)31)26-22(30)21-25-14-29(27-21)11-15-5-3-2-4-6-15/h2-6,9-10,14,16-17H,7-8,11-13H2,1H3,(H,26,30)/t17-/m0/s1. The third-order valence-electron chi connectivity index (χ3n) is 5.61. The number of nitrogens with one attached hydrogen (secondary N) is 1. The Labute approximate surface area is 195 Å². The van der Waals surface area contributed by atoms with Crippen molar-refractivity contribution in [2.75, 3.05) is 24.3 Å². The molecule has 0 spiro atoms. The van der Waals surface area contributed by atoms with Crippen LogP contribution in [-0.2, 0) is 11.3 Å². The number of rotatable bonds is 7. The summed E-state index contributed by atoms with van der Waals surface area (Å²) in [5.41, 5.74) is 1.78. The molecule has 33 heavy (non-hydrogen) atoms. The first kappa shape index (κ1) is 21.4. The second kappa shape index (κ2) is 9.22. The summed E-state index contributed by atoms with van der Waals surface area (Å²) in [5.74, 6) is 0.853. The Morgan fingerprint density at radius 3 is 2.85 bits per heavy atom. The maximum atomic E-state index is 13.1. The summed E-state index contributed by atoms with van der Waals surface area (Å²) in [5, 5.41) is 7.05. The molecule has 0 radical (unpaired) electrons. The zero-order valence-corrected chi connectivity index (χ0v) is 19.0. The number of benzene rings is 1. The van der Waals surface area contributed by atoms with Crippen molar-refractivity contribution < 1.29 is 14.3 Å². The molecule has 3 aromatic rings. The lowest BCUT2D eigenvalue weighted by Gasteiger charge is -2.21. The molecule has 1 atom stereocenters. The lowest BCUT2D eigenvalue weighted by molar-refractivity contribution is -0.119. The summed E-state index contributed by atoms with van der Waals surface area (Å²) in [6.45, 7) is 1.16. The zero-order valence-electron chi connectivity index (χ0n) is 18.2. The van der Waals surface area contributed by atoms with E-state index in [4.69, 9.17) is 4.74 Å². The van der Waals surface area contributed by atoms with Gasteiger partial charge in [0.15, 0.2) is 0 Å². The molecule has 1 aromatic carbocycles. The van der Waals surface area contributed by atoms with E-state index >= 15 is 0 Å². The summed E-state index contributed by atoms with van der Waals surface area (Å²) >= 11 is 1.47. The van der Waals surface area contributed by atoms with Crippen molar-refractivity contribution in [1.29, 1.82) is 0 Å². The smallest absolute Gasteiger partial charge is 0.291 e. The predicted molar refractivity (Wildman–Crippen MR) is 123 cm³/mol. The van der Waals surface area contributed by atoms with Crippen molar-refractivity contribution in [3.63, 3.8) is 0 Å². The van der Waals surface area contributed by atoms with Gasteiger partial charge in [0, 0.05) is 30.0 Å². The Morgan fingerprint density at radius 1 is 1.24 bits per heavy atom. The van der Waals surface area contributed by atoms with E-state index in [9.17, 15) is 9.59 Å². The number of pyridine rings is 1. The van der Waals surface area contributed by atoms with Crippen LogP contribution in [0.4, 0.5) is 5.69 Å². The molecule has 1 fully saturated rings. The lowest BCUT2D eigenvalue weighted by atomic mass is 10.2. The van der Waals surface area contributed by atoms with E-state index in [0.29, 0.717) is 30.7 Å². The van der Waals surface area contributed by atoms with Gasteiger partial charge in [-0.3, -0.25) is 9.59 Å². The van der Waals surface area contributed by atoms with Crippen molar-refractivity contribution in [2.24, 2.45) is 5.92 Å². The first-order chi connectivity index (χ1) is 16.1. The maximum absolute atomic E-state index is 13.1.